The molecule has 0 saturated carbocycles. The van der Waals surface area contributed by atoms with E-state index in [-0.39, 0.29) is 0 Å². The summed E-state index contributed by atoms with van der Waals surface area (Å²) >= 11 is 5.16. The Balaban J connectivity index is 2.35. The molecule has 0 aliphatic carbocycles. The van der Waals surface area contributed by atoms with Gasteiger partial charge in [-0.15, -0.1) is 0 Å². The molecule has 0 saturated heterocycles. The summed E-state index contributed by atoms with van der Waals surface area (Å²) in [4.78, 5) is 5.00. The van der Waals surface area contributed by atoms with Crippen LogP contribution in [-0.4, -0.2) is 19.8 Å². The van der Waals surface area contributed by atoms with Crippen molar-refractivity contribution in [3.63, 3.8) is 0 Å². The van der Waals surface area contributed by atoms with Gasteiger partial charge in [0.25, 0.3) is 0 Å². The Bertz CT molecular complexity index is 820. The van der Waals surface area contributed by atoms with Crippen molar-refractivity contribution in [2.75, 3.05) is 0 Å². The summed E-state index contributed by atoms with van der Waals surface area (Å²) in [6, 6.07) is 11.9. The molecule has 2 aromatic heterocycles. The first-order chi connectivity index (χ1) is 9.56. The number of aromatic nitrogens is 3. The molecule has 4 nitrogen and oxygen atoms in total. The first-order valence-electron chi connectivity index (χ1n) is 6.29. The summed E-state index contributed by atoms with van der Waals surface area (Å²) in [6.45, 7) is 3.94. The van der Waals surface area contributed by atoms with Crippen molar-refractivity contribution in [2.45, 2.75) is 13.8 Å². The standard InChI is InChI=1S/C15H14N4S/c1-9-7-10(2)19(18-9)15-12(14(16)20)8-11-5-3-4-6-13(11)17-15/h3-8H,1-2H3,(H2,16,20). The predicted octanol–water partition coefficient (Wildman–Crippen LogP) is 2.67. The number of para-hydroxylation sites is 1. The zero-order valence-electron chi connectivity index (χ0n) is 11.3. The average Bonchev–Trinajstić information content (AvgIpc) is 2.76. The molecule has 2 N–H and O–H groups in total. The van der Waals surface area contributed by atoms with Crippen molar-refractivity contribution in [2.24, 2.45) is 5.73 Å². The molecule has 1 aromatic carbocycles. The van der Waals surface area contributed by atoms with Gasteiger partial charge in [0, 0.05) is 11.1 Å². The fraction of sp³-hybridized carbons (Fsp3) is 0.133. The Kier molecular flexibility index (Phi) is 2.99. The highest BCUT2D eigenvalue weighted by atomic mass is 32.1. The van der Waals surface area contributed by atoms with Crippen molar-refractivity contribution in [3.8, 4) is 5.82 Å². The van der Waals surface area contributed by atoms with Gasteiger partial charge in [-0.25, -0.2) is 9.67 Å². The summed E-state index contributed by atoms with van der Waals surface area (Å²) in [7, 11) is 0. The van der Waals surface area contributed by atoms with E-state index in [1.807, 2.05) is 50.2 Å². The third-order valence-corrected chi connectivity index (χ3v) is 3.40. The topological polar surface area (TPSA) is 56.7 Å². The minimum atomic E-state index is 0.325. The first kappa shape index (κ1) is 12.7. The summed E-state index contributed by atoms with van der Waals surface area (Å²) in [6.07, 6.45) is 0. The van der Waals surface area contributed by atoms with Crippen molar-refractivity contribution in [1.82, 2.24) is 14.8 Å². The van der Waals surface area contributed by atoms with E-state index in [1.165, 1.54) is 0 Å². The van der Waals surface area contributed by atoms with Crippen LogP contribution >= 0.6 is 12.2 Å². The molecule has 5 heteroatoms. The zero-order chi connectivity index (χ0) is 14.3. The van der Waals surface area contributed by atoms with E-state index in [9.17, 15) is 0 Å². The van der Waals surface area contributed by atoms with E-state index in [0.29, 0.717) is 10.8 Å². The number of benzene rings is 1. The van der Waals surface area contributed by atoms with Gasteiger partial charge in [-0.2, -0.15) is 5.10 Å². The van der Waals surface area contributed by atoms with E-state index < -0.39 is 0 Å². The second-order valence-electron chi connectivity index (χ2n) is 4.76. The lowest BCUT2D eigenvalue weighted by molar-refractivity contribution is 0.809. The predicted molar refractivity (Wildman–Crippen MR) is 84.2 cm³/mol. The van der Waals surface area contributed by atoms with Crippen LogP contribution in [0.3, 0.4) is 0 Å². The van der Waals surface area contributed by atoms with Crippen LogP contribution in [-0.2, 0) is 0 Å². The van der Waals surface area contributed by atoms with Crippen molar-refractivity contribution < 1.29 is 0 Å². The number of hydrogen-bond acceptors (Lipinski definition) is 3. The largest absolute Gasteiger partial charge is 0.389 e. The van der Waals surface area contributed by atoms with Crippen LogP contribution < -0.4 is 5.73 Å². The number of thiocarbonyl (C=S) groups is 1. The molecule has 0 unspecified atom stereocenters. The van der Waals surface area contributed by atoms with Gasteiger partial charge < -0.3 is 5.73 Å². The molecule has 3 rings (SSSR count). The van der Waals surface area contributed by atoms with Gasteiger partial charge in [0.1, 0.15) is 4.99 Å². The SMILES string of the molecule is Cc1cc(C)n(-c2nc3ccccc3cc2C(N)=S)n1. The van der Waals surface area contributed by atoms with Gasteiger partial charge in [0.05, 0.1) is 16.8 Å². The smallest absolute Gasteiger partial charge is 0.164 e. The maximum Gasteiger partial charge on any atom is 0.164 e. The monoisotopic (exact) mass is 282 g/mol. The Morgan fingerprint density at radius 3 is 2.60 bits per heavy atom. The lowest BCUT2D eigenvalue weighted by Crippen LogP contribution is -2.16. The molecule has 0 aliphatic heterocycles. The minimum Gasteiger partial charge on any atom is -0.389 e. The van der Waals surface area contributed by atoms with E-state index >= 15 is 0 Å². The molecule has 100 valence electrons. The Hall–Kier alpha value is -2.27. The number of fused-ring (bicyclic) bond motifs is 1. The van der Waals surface area contributed by atoms with Crippen LogP contribution in [0.15, 0.2) is 36.4 Å². The van der Waals surface area contributed by atoms with Crippen molar-refractivity contribution in [3.05, 3.63) is 53.3 Å². The van der Waals surface area contributed by atoms with Crippen LogP contribution in [0.25, 0.3) is 16.7 Å². The van der Waals surface area contributed by atoms with Crippen LogP contribution in [0, 0.1) is 13.8 Å². The van der Waals surface area contributed by atoms with Gasteiger partial charge in [-0.1, -0.05) is 30.4 Å². The molecule has 0 radical (unpaired) electrons. The molecule has 0 fully saturated rings. The van der Waals surface area contributed by atoms with Crippen molar-refractivity contribution >= 4 is 28.1 Å². The first-order valence-corrected chi connectivity index (χ1v) is 6.70. The zero-order valence-corrected chi connectivity index (χ0v) is 12.1. The Morgan fingerprint density at radius 2 is 1.95 bits per heavy atom. The number of nitrogens with two attached hydrogens (primary N) is 1. The van der Waals surface area contributed by atoms with Crippen LogP contribution in [0.1, 0.15) is 17.0 Å². The second kappa shape index (κ2) is 4.68. The molecule has 2 heterocycles. The second-order valence-corrected chi connectivity index (χ2v) is 5.20. The number of aryl methyl sites for hydroxylation is 2. The van der Waals surface area contributed by atoms with Gasteiger partial charge in [0.15, 0.2) is 5.82 Å². The van der Waals surface area contributed by atoms with Crippen LogP contribution in [0.4, 0.5) is 0 Å². The normalized spacial score (nSPS) is 10.9. The van der Waals surface area contributed by atoms with Crippen LogP contribution in [0.5, 0.6) is 0 Å². The summed E-state index contributed by atoms with van der Waals surface area (Å²) in [5.74, 6) is 0.682. The number of pyridine rings is 1. The van der Waals surface area contributed by atoms with E-state index in [2.05, 4.69) is 10.1 Å². The molecule has 0 amide bonds. The van der Waals surface area contributed by atoms with Gasteiger partial charge in [-0.3, -0.25) is 0 Å². The van der Waals surface area contributed by atoms with E-state index in [4.69, 9.17) is 18.0 Å². The van der Waals surface area contributed by atoms with Gasteiger partial charge >= 0.3 is 0 Å². The molecule has 3 aromatic rings. The molecule has 20 heavy (non-hydrogen) atoms. The van der Waals surface area contributed by atoms with E-state index in [0.717, 1.165) is 27.9 Å². The quantitative estimate of drug-likeness (QED) is 0.734. The highest BCUT2D eigenvalue weighted by Gasteiger charge is 2.14. The maximum absolute atomic E-state index is 5.85. The summed E-state index contributed by atoms with van der Waals surface area (Å²) in [5, 5.41) is 5.48. The fourth-order valence-corrected chi connectivity index (χ4v) is 2.44. The van der Waals surface area contributed by atoms with Gasteiger partial charge in [-0.05, 0) is 32.0 Å². The molecular formula is C15H14N4S. The third-order valence-electron chi connectivity index (χ3n) is 3.18. The minimum absolute atomic E-state index is 0.325. The molecule has 0 atom stereocenters. The lowest BCUT2D eigenvalue weighted by Gasteiger charge is -2.11. The van der Waals surface area contributed by atoms with Crippen LogP contribution in [0.2, 0.25) is 0 Å². The number of rotatable bonds is 2. The average molecular weight is 282 g/mol. The molecular weight excluding hydrogens is 268 g/mol. The highest BCUT2D eigenvalue weighted by molar-refractivity contribution is 7.80. The van der Waals surface area contributed by atoms with E-state index in [1.54, 1.807) is 4.68 Å². The molecule has 0 bridgehead atoms. The summed E-state index contributed by atoms with van der Waals surface area (Å²) < 4.78 is 1.79. The lowest BCUT2D eigenvalue weighted by atomic mass is 10.1. The fourth-order valence-electron chi connectivity index (χ4n) is 2.29. The van der Waals surface area contributed by atoms with Gasteiger partial charge in [0.2, 0.25) is 0 Å². The third kappa shape index (κ3) is 2.06. The molecule has 0 aliphatic rings. The highest BCUT2D eigenvalue weighted by Crippen LogP contribution is 2.21. The Morgan fingerprint density at radius 1 is 1.20 bits per heavy atom. The summed E-state index contributed by atoms with van der Waals surface area (Å²) in [5.41, 5.74) is 9.43. The number of nitrogens with zero attached hydrogens (tertiary/aromatic N) is 3. The number of hydrogen-bond donors (Lipinski definition) is 1. The Labute approximate surface area is 122 Å². The van der Waals surface area contributed by atoms with Crippen molar-refractivity contribution in [1.29, 1.82) is 0 Å². The molecule has 0 spiro atoms. The maximum atomic E-state index is 5.85.